The highest BCUT2D eigenvalue weighted by Crippen LogP contribution is 2.35. The molecule has 0 spiro atoms. The minimum Gasteiger partial charge on any atom is -0.434 e. The third-order valence-electron chi connectivity index (χ3n) is 25.8. The van der Waals surface area contributed by atoms with Gasteiger partial charge in [0.05, 0.1) is 38.8 Å². The van der Waals surface area contributed by atoms with Gasteiger partial charge in [-0.25, -0.2) is 58.9 Å². The number of halogens is 1. The largest absolute Gasteiger partial charge is 0.434 e. The number of oxazole rings is 2. The van der Waals surface area contributed by atoms with Gasteiger partial charge in [-0.15, -0.1) is 0 Å². The Morgan fingerprint density at radius 1 is 0.355 bits per heavy atom. The van der Waals surface area contributed by atoms with Crippen molar-refractivity contribution in [3.63, 3.8) is 0 Å². The van der Waals surface area contributed by atoms with Gasteiger partial charge in [-0.1, -0.05) is 25.4 Å². The molecule has 0 unspecified atom stereocenters. The van der Waals surface area contributed by atoms with E-state index in [0.29, 0.717) is 112 Å². The van der Waals surface area contributed by atoms with E-state index in [4.69, 9.17) is 42.5 Å². The van der Waals surface area contributed by atoms with Gasteiger partial charge in [-0.3, -0.25) is 13.7 Å². The first-order valence-electron chi connectivity index (χ1n) is 46.3. The molecule has 15 aromatic heterocycles. The number of aromatic nitrogens is 12. The van der Waals surface area contributed by atoms with Crippen LogP contribution in [-0.4, -0.2) is 224 Å². The molecule has 5 saturated heterocycles. The van der Waals surface area contributed by atoms with Crippen LogP contribution in [0.15, 0.2) is 281 Å². The van der Waals surface area contributed by atoms with Crippen LogP contribution in [0.25, 0.3) is 151 Å². The fourth-order valence-electron chi connectivity index (χ4n) is 18.2. The third kappa shape index (κ3) is 18.9. The van der Waals surface area contributed by atoms with E-state index in [-0.39, 0.29) is 28.7 Å². The molecule has 5 fully saturated rings. The Bertz CT molecular complexity index is 8120. The molecule has 0 atom stereocenters. The maximum atomic E-state index is 12.8. The van der Waals surface area contributed by atoms with Crippen molar-refractivity contribution in [2.24, 2.45) is 0 Å². The zero-order valence-electron chi connectivity index (χ0n) is 76.3. The van der Waals surface area contributed by atoms with E-state index in [1.165, 1.54) is 6.42 Å². The predicted molar refractivity (Wildman–Crippen MR) is 535 cm³/mol. The number of fused-ring (bicyclic) bond motifs is 10. The van der Waals surface area contributed by atoms with Crippen molar-refractivity contribution in [1.29, 1.82) is 0 Å². The summed E-state index contributed by atoms with van der Waals surface area (Å²) in [7, 11) is 2.12. The van der Waals surface area contributed by atoms with Crippen LogP contribution in [0.1, 0.15) is 25.8 Å². The Hall–Kier alpha value is -15.6. The number of benzene rings is 5. The number of hydrogen-bond donors (Lipinski definition) is 2. The molecule has 0 bridgehead atoms. The van der Waals surface area contributed by atoms with Gasteiger partial charge in [-0.2, -0.15) is 9.97 Å². The molecule has 138 heavy (non-hydrogen) atoms. The number of likely N-dealkylation sites (N-methyl/N-ethyl adjacent to an activating group) is 2. The van der Waals surface area contributed by atoms with Crippen LogP contribution in [0.3, 0.4) is 0 Å². The normalized spacial score (nSPS) is 15.3. The Labute approximate surface area is 792 Å². The summed E-state index contributed by atoms with van der Waals surface area (Å²) >= 11 is 6.06. The van der Waals surface area contributed by atoms with E-state index in [1.807, 2.05) is 121 Å². The summed E-state index contributed by atoms with van der Waals surface area (Å²) in [5.41, 5.74) is 13.5. The molecule has 0 saturated carbocycles. The lowest BCUT2D eigenvalue weighted by Crippen LogP contribution is -2.46. The Kier molecular flexibility index (Phi) is 25.2. The molecule has 698 valence electrons. The van der Waals surface area contributed by atoms with Gasteiger partial charge in [0.15, 0.2) is 22.5 Å². The van der Waals surface area contributed by atoms with Gasteiger partial charge >= 0.3 is 28.1 Å². The second-order valence-corrected chi connectivity index (χ2v) is 35.0. The summed E-state index contributed by atoms with van der Waals surface area (Å²) in [6.07, 6.45) is 18.7. The fraction of sp³-hybridized carbons (Fsp3) is 0.262. The van der Waals surface area contributed by atoms with Crippen LogP contribution >= 0.6 is 11.6 Å². The van der Waals surface area contributed by atoms with E-state index < -0.39 is 11.3 Å². The molecular weight excluding hydrogens is 1770 g/mol. The van der Waals surface area contributed by atoms with Crippen molar-refractivity contribution in [1.82, 2.24) is 83.4 Å². The van der Waals surface area contributed by atoms with Crippen LogP contribution < -0.4 is 63.3 Å². The summed E-state index contributed by atoms with van der Waals surface area (Å²) in [6, 6.07) is 51.7. The van der Waals surface area contributed by atoms with E-state index in [9.17, 15) is 24.0 Å². The Morgan fingerprint density at radius 3 is 1.20 bits per heavy atom. The first-order valence-corrected chi connectivity index (χ1v) is 46.7. The van der Waals surface area contributed by atoms with Gasteiger partial charge in [-0.05, 0) is 173 Å². The standard InChI is InChI=1S/C22H23N5O2.C21H19ClN4O2.C21H21N5O2.C20H18N4O3.C19H16N4O3/c1-2-7-25-9-11-26(12-10-25)17-5-4-16-13-18(21(28)29-20(16)14-17)19-15-27-8-3-6-23-22(27)24-19;1-13-16-4-3-15(25-8-6-23-7-9-25)10-18(16)28-21(27)20(13)17-12-26-11-14(22)2-5-19(26)24-17;1-2-24-8-10-25(11-9-24)16-5-4-15-12-17(20(27)28-19(15)13-16)18-14-26-7-3-6-22-21(26)23-18;1-23-7-9-24(10-8-23)14-5-4-13-11-15(20(25)27-17(13)12-14)19-22-18-16(26-19)3-2-6-21-18;24-19-14(18-22-17-15(25-18)2-1-5-21-17)10-12-3-4-13(11-16(12)26-19)23-8-6-20-7-9-23/h3-6,8,13-15H,2,7,9-12H2,1H3;2-5,10-12,23H,6-9H2,1H3;3-7,12-14H,2,8-11H2,1H3;2-6,11-12H,7-10H2,1H3;1-5,10-11,20H,6-9H2. The van der Waals surface area contributed by atoms with Crippen LogP contribution in [0.4, 0.5) is 28.4 Å². The lowest BCUT2D eigenvalue weighted by atomic mass is 10.0. The van der Waals surface area contributed by atoms with Crippen molar-refractivity contribution in [3.8, 4) is 56.7 Å². The minimum atomic E-state index is -0.471. The van der Waals surface area contributed by atoms with E-state index in [2.05, 4.69) is 140 Å². The number of hydrogen-bond acceptors (Lipinski definition) is 31. The first kappa shape index (κ1) is 89.0. The van der Waals surface area contributed by atoms with Crippen LogP contribution in [0.5, 0.6) is 0 Å². The summed E-state index contributed by atoms with van der Waals surface area (Å²) in [6.45, 7) is 28.3. The Balaban J connectivity index is 0.000000103. The lowest BCUT2D eigenvalue weighted by Gasteiger charge is -2.36. The topological polar surface area (TPSA) is 357 Å². The number of nitrogens with zero attached hydrogens (tertiary/aromatic N) is 20. The lowest BCUT2D eigenvalue weighted by molar-refractivity contribution is 0.258. The van der Waals surface area contributed by atoms with Gasteiger partial charge in [0.1, 0.15) is 44.7 Å². The number of imidazole rings is 3. The summed E-state index contributed by atoms with van der Waals surface area (Å²) in [5.74, 6) is 1.56. The number of aryl methyl sites for hydroxylation is 1. The number of nitrogens with one attached hydrogen (secondary N) is 2. The molecule has 0 aliphatic carbocycles. The Morgan fingerprint density at radius 2 is 0.754 bits per heavy atom. The van der Waals surface area contributed by atoms with Crippen LogP contribution in [0.2, 0.25) is 5.02 Å². The quantitative estimate of drug-likeness (QED) is 0.101. The highest BCUT2D eigenvalue weighted by Gasteiger charge is 2.27. The van der Waals surface area contributed by atoms with Crippen molar-refractivity contribution < 1.29 is 30.9 Å². The van der Waals surface area contributed by atoms with Crippen LogP contribution in [0, 0.1) is 6.92 Å². The molecule has 5 aliphatic heterocycles. The molecule has 20 heterocycles. The second kappa shape index (κ2) is 39.0. The zero-order valence-corrected chi connectivity index (χ0v) is 77.1. The van der Waals surface area contributed by atoms with E-state index >= 15 is 0 Å². The molecule has 34 nitrogen and oxygen atoms in total. The molecule has 5 aliphatic rings. The van der Waals surface area contributed by atoms with Crippen molar-refractivity contribution >= 4 is 135 Å². The molecular formula is C103H97ClN22O12. The molecule has 20 aromatic rings. The highest BCUT2D eigenvalue weighted by atomic mass is 35.5. The SMILES string of the molecule is CCCN1CCN(c2ccc3cc(-c4cn5cccnc5n4)c(=O)oc3c2)CC1.CCN1CCN(c2ccc3cc(-c4cn5cccnc5n4)c(=O)oc3c2)CC1.CN1CCN(c2ccc3cc(-c4nc5ncccc5o4)c(=O)oc3c2)CC1.Cc1c(-c2cn3cc(Cl)ccc3n2)c(=O)oc2cc(N3CCNCC3)ccc12.O=c1oc2cc(N3CCNCC3)ccc2cc1-c1nc2ncccc2o1. The third-order valence-corrected chi connectivity index (χ3v) is 26.0. The van der Waals surface area contributed by atoms with E-state index in [0.717, 1.165) is 211 Å². The minimum absolute atomic E-state index is 0.223. The van der Waals surface area contributed by atoms with Crippen LogP contribution in [-0.2, 0) is 0 Å². The molecule has 0 amide bonds. The zero-order chi connectivity index (χ0) is 94.0. The number of anilines is 5. The smallest absolute Gasteiger partial charge is 0.349 e. The molecule has 5 aromatic carbocycles. The number of piperazine rings is 5. The van der Waals surface area contributed by atoms with Gasteiger partial charge in [0, 0.05) is 279 Å². The number of pyridine rings is 3. The fourth-order valence-corrected chi connectivity index (χ4v) is 18.4. The summed E-state index contributed by atoms with van der Waals surface area (Å²) in [5, 5.41) is 11.6. The van der Waals surface area contributed by atoms with Crippen molar-refractivity contribution in [2.75, 3.05) is 176 Å². The summed E-state index contributed by atoms with van der Waals surface area (Å²) < 4.78 is 44.9. The first-order chi connectivity index (χ1) is 67.5. The molecule has 0 radical (unpaired) electrons. The molecule has 35 heteroatoms. The monoisotopic (exact) mass is 1870 g/mol. The van der Waals surface area contributed by atoms with E-state index in [1.54, 1.807) is 101 Å². The maximum Gasteiger partial charge on any atom is 0.349 e. The second-order valence-electron chi connectivity index (χ2n) is 34.6. The van der Waals surface area contributed by atoms with Crippen molar-refractivity contribution in [2.45, 2.75) is 27.2 Å². The van der Waals surface area contributed by atoms with Gasteiger partial charge < -0.3 is 80.3 Å². The molecule has 2 N–H and O–H groups in total. The molecule has 25 rings (SSSR count). The number of rotatable bonds is 13. The maximum absolute atomic E-state index is 12.8. The predicted octanol–water partition coefficient (Wildman–Crippen LogP) is 14.3. The van der Waals surface area contributed by atoms with Crippen molar-refractivity contribution in [3.05, 3.63) is 288 Å². The van der Waals surface area contributed by atoms with Gasteiger partial charge in [0.25, 0.3) is 0 Å². The average molecular weight is 1870 g/mol. The average Bonchev–Trinajstić information content (AvgIpc) is 1.49. The van der Waals surface area contributed by atoms with Gasteiger partial charge in [0.2, 0.25) is 23.3 Å². The highest BCUT2D eigenvalue weighted by molar-refractivity contribution is 6.30. The summed E-state index contributed by atoms with van der Waals surface area (Å²) in [4.78, 5) is 121.